The zero-order valence-corrected chi connectivity index (χ0v) is 12.3. The van der Waals surface area contributed by atoms with E-state index in [1.54, 1.807) is 0 Å². The van der Waals surface area contributed by atoms with Crippen molar-refractivity contribution in [1.82, 2.24) is 15.5 Å². The quantitative estimate of drug-likeness (QED) is 0.871. The molecular formula is C14H21N3OS. The second-order valence-electron chi connectivity index (χ2n) is 5.99. The molecule has 2 fully saturated rings. The molecule has 2 aliphatic rings. The normalized spacial score (nSPS) is 34.6. The standard InChI is InChI=1S/C14H21N3OS/c1-17(2)14(11-4-3-9-19-11)7-5-13(6-8-14)10-15-12(18)16-13/h3-4,9H,5-8,10H2,1-2H3,(H2,15,16,18)/t13-,14-. The lowest BCUT2D eigenvalue weighted by Gasteiger charge is -2.47. The van der Waals surface area contributed by atoms with Gasteiger partial charge < -0.3 is 10.6 Å². The summed E-state index contributed by atoms with van der Waals surface area (Å²) in [6.07, 6.45) is 4.29. The van der Waals surface area contributed by atoms with Crippen molar-refractivity contribution >= 4 is 17.4 Å². The Bertz CT molecular complexity index is 461. The maximum atomic E-state index is 11.4. The Morgan fingerprint density at radius 2 is 2.00 bits per heavy atom. The van der Waals surface area contributed by atoms with E-state index < -0.39 is 0 Å². The SMILES string of the molecule is CN(C)[C@]1(c2cccs2)CC[C@@]2(CC1)CNC(=O)N2. The lowest BCUT2D eigenvalue weighted by Crippen LogP contribution is -2.53. The van der Waals surface area contributed by atoms with E-state index in [9.17, 15) is 4.79 Å². The predicted molar refractivity (Wildman–Crippen MR) is 77.4 cm³/mol. The molecule has 1 spiro atoms. The molecule has 2 N–H and O–H groups in total. The first kappa shape index (κ1) is 12.9. The topological polar surface area (TPSA) is 44.4 Å². The molecule has 1 aromatic rings. The van der Waals surface area contributed by atoms with Crippen LogP contribution in [0.4, 0.5) is 4.79 Å². The van der Waals surface area contributed by atoms with Crippen LogP contribution in [0.1, 0.15) is 30.6 Å². The highest BCUT2D eigenvalue weighted by molar-refractivity contribution is 7.10. The van der Waals surface area contributed by atoms with Gasteiger partial charge in [-0.25, -0.2) is 4.79 Å². The maximum absolute atomic E-state index is 11.4. The molecule has 1 aromatic heterocycles. The summed E-state index contributed by atoms with van der Waals surface area (Å²) in [5.41, 5.74) is 0.139. The highest BCUT2D eigenvalue weighted by Crippen LogP contribution is 2.46. The van der Waals surface area contributed by atoms with Crippen LogP contribution in [0, 0.1) is 0 Å². The summed E-state index contributed by atoms with van der Waals surface area (Å²) < 4.78 is 0. The van der Waals surface area contributed by atoms with Gasteiger partial charge in [-0.3, -0.25) is 4.90 Å². The molecular weight excluding hydrogens is 258 g/mol. The number of thiophene rings is 1. The fourth-order valence-corrected chi connectivity index (χ4v) is 4.55. The largest absolute Gasteiger partial charge is 0.336 e. The van der Waals surface area contributed by atoms with Gasteiger partial charge in [0.1, 0.15) is 0 Å². The zero-order valence-electron chi connectivity index (χ0n) is 11.5. The van der Waals surface area contributed by atoms with Gasteiger partial charge >= 0.3 is 6.03 Å². The molecule has 4 nitrogen and oxygen atoms in total. The molecule has 5 heteroatoms. The van der Waals surface area contributed by atoms with Crippen molar-refractivity contribution in [2.45, 2.75) is 36.8 Å². The molecule has 1 aliphatic carbocycles. The Morgan fingerprint density at radius 1 is 1.26 bits per heavy atom. The molecule has 3 rings (SSSR count). The third-order valence-electron chi connectivity index (χ3n) is 4.84. The third kappa shape index (κ3) is 2.05. The molecule has 0 atom stereocenters. The number of nitrogens with zero attached hydrogens (tertiary/aromatic N) is 1. The van der Waals surface area contributed by atoms with Gasteiger partial charge in [0.05, 0.1) is 11.1 Å². The lowest BCUT2D eigenvalue weighted by molar-refractivity contribution is 0.0684. The van der Waals surface area contributed by atoms with Gasteiger partial charge in [-0.2, -0.15) is 0 Å². The van der Waals surface area contributed by atoms with Crippen LogP contribution < -0.4 is 10.6 Å². The Balaban J connectivity index is 1.82. The van der Waals surface area contributed by atoms with Gasteiger partial charge in [0.2, 0.25) is 0 Å². The number of carbonyl (C=O) groups excluding carboxylic acids is 1. The highest BCUT2D eigenvalue weighted by Gasteiger charge is 2.48. The lowest BCUT2D eigenvalue weighted by atomic mass is 9.71. The molecule has 19 heavy (non-hydrogen) atoms. The van der Waals surface area contributed by atoms with E-state index in [0.29, 0.717) is 0 Å². The van der Waals surface area contributed by atoms with Crippen LogP contribution in [0.5, 0.6) is 0 Å². The minimum atomic E-state index is -0.00610. The van der Waals surface area contributed by atoms with Crippen LogP contribution in [0.15, 0.2) is 17.5 Å². The molecule has 104 valence electrons. The van der Waals surface area contributed by atoms with Gasteiger partial charge in [-0.05, 0) is 51.2 Å². The van der Waals surface area contributed by atoms with Crippen LogP contribution in [0.2, 0.25) is 0 Å². The number of amides is 2. The minimum absolute atomic E-state index is 0.00604. The molecule has 1 aliphatic heterocycles. The van der Waals surface area contributed by atoms with Crippen molar-refractivity contribution in [2.24, 2.45) is 0 Å². The molecule has 1 saturated heterocycles. The van der Waals surface area contributed by atoms with E-state index in [2.05, 4.69) is 47.1 Å². The smallest absolute Gasteiger partial charge is 0.315 e. The summed E-state index contributed by atoms with van der Waals surface area (Å²) >= 11 is 1.84. The Morgan fingerprint density at radius 3 is 2.47 bits per heavy atom. The van der Waals surface area contributed by atoms with Crippen molar-refractivity contribution in [3.05, 3.63) is 22.4 Å². The number of carbonyl (C=O) groups is 1. The number of nitrogens with one attached hydrogen (secondary N) is 2. The number of hydrogen-bond donors (Lipinski definition) is 2. The van der Waals surface area contributed by atoms with E-state index in [1.807, 2.05) is 11.3 Å². The Hall–Kier alpha value is -1.07. The van der Waals surface area contributed by atoms with Crippen LogP contribution in [-0.4, -0.2) is 37.1 Å². The zero-order chi connectivity index (χ0) is 13.5. The summed E-state index contributed by atoms with van der Waals surface area (Å²) in [4.78, 5) is 15.2. The second-order valence-corrected chi connectivity index (χ2v) is 6.94. The summed E-state index contributed by atoms with van der Waals surface area (Å²) in [5, 5.41) is 8.19. The summed E-state index contributed by atoms with van der Waals surface area (Å²) in [6, 6.07) is 4.37. The molecule has 0 radical (unpaired) electrons. The molecule has 1 saturated carbocycles. The molecule has 2 heterocycles. The van der Waals surface area contributed by atoms with Crippen molar-refractivity contribution in [2.75, 3.05) is 20.6 Å². The van der Waals surface area contributed by atoms with Crippen LogP contribution in [0.25, 0.3) is 0 Å². The van der Waals surface area contributed by atoms with Gasteiger partial charge in [-0.15, -0.1) is 11.3 Å². The van der Waals surface area contributed by atoms with Gasteiger partial charge in [-0.1, -0.05) is 6.07 Å². The monoisotopic (exact) mass is 279 g/mol. The van der Waals surface area contributed by atoms with E-state index in [0.717, 1.165) is 32.2 Å². The van der Waals surface area contributed by atoms with Crippen molar-refractivity contribution in [1.29, 1.82) is 0 Å². The molecule has 2 amide bonds. The highest BCUT2D eigenvalue weighted by atomic mass is 32.1. The number of urea groups is 1. The van der Waals surface area contributed by atoms with Gasteiger partial charge in [0.15, 0.2) is 0 Å². The molecule has 0 aromatic carbocycles. The second kappa shape index (κ2) is 4.49. The average molecular weight is 279 g/mol. The Kier molecular flexibility index (Phi) is 3.06. The molecule has 0 bridgehead atoms. The maximum Gasteiger partial charge on any atom is 0.315 e. The van der Waals surface area contributed by atoms with Gasteiger partial charge in [0.25, 0.3) is 0 Å². The first-order valence-corrected chi connectivity index (χ1v) is 7.72. The minimum Gasteiger partial charge on any atom is -0.336 e. The number of hydrogen-bond acceptors (Lipinski definition) is 3. The average Bonchev–Trinajstić information content (AvgIpc) is 3.02. The van der Waals surface area contributed by atoms with E-state index in [4.69, 9.17) is 0 Å². The van der Waals surface area contributed by atoms with Crippen LogP contribution in [-0.2, 0) is 5.54 Å². The van der Waals surface area contributed by atoms with Crippen LogP contribution >= 0.6 is 11.3 Å². The first-order valence-electron chi connectivity index (χ1n) is 6.84. The summed E-state index contributed by atoms with van der Waals surface area (Å²) in [6.45, 7) is 0.778. The number of rotatable bonds is 2. The Labute approximate surface area is 118 Å². The van der Waals surface area contributed by atoms with Crippen LogP contribution in [0.3, 0.4) is 0 Å². The van der Waals surface area contributed by atoms with E-state index in [1.165, 1.54) is 4.88 Å². The predicted octanol–water partition coefficient (Wildman–Crippen LogP) is 2.13. The summed E-state index contributed by atoms with van der Waals surface area (Å²) in [5.74, 6) is 0. The fourth-order valence-electron chi connectivity index (χ4n) is 3.48. The van der Waals surface area contributed by atoms with Crippen molar-refractivity contribution in [3.63, 3.8) is 0 Å². The third-order valence-corrected chi connectivity index (χ3v) is 5.90. The fraction of sp³-hybridized carbons (Fsp3) is 0.643. The first-order chi connectivity index (χ1) is 9.06. The van der Waals surface area contributed by atoms with Gasteiger partial charge in [0, 0.05) is 11.4 Å². The van der Waals surface area contributed by atoms with Crippen molar-refractivity contribution < 1.29 is 4.79 Å². The van der Waals surface area contributed by atoms with E-state index >= 15 is 0 Å². The summed E-state index contributed by atoms with van der Waals surface area (Å²) in [7, 11) is 4.34. The molecule has 0 unspecified atom stereocenters. The van der Waals surface area contributed by atoms with E-state index in [-0.39, 0.29) is 17.1 Å². The van der Waals surface area contributed by atoms with Crippen molar-refractivity contribution in [3.8, 4) is 0 Å².